The van der Waals surface area contributed by atoms with Crippen LogP contribution in [0.3, 0.4) is 0 Å². The third kappa shape index (κ3) is 3.99. The Balaban J connectivity index is 1.67. The van der Waals surface area contributed by atoms with Crippen molar-refractivity contribution in [1.82, 2.24) is 4.90 Å². The Kier molecular flexibility index (Phi) is 5.00. The van der Waals surface area contributed by atoms with Gasteiger partial charge in [0.25, 0.3) is 0 Å². The van der Waals surface area contributed by atoms with Crippen LogP contribution in [0.25, 0.3) is 0 Å². The number of rotatable bonds is 3. The summed E-state index contributed by atoms with van der Waals surface area (Å²) in [6.07, 6.45) is 6.82. The minimum Gasteiger partial charge on any atom is -0.324 e. The summed E-state index contributed by atoms with van der Waals surface area (Å²) in [5, 5.41) is 5.68. The van der Waals surface area contributed by atoms with Crippen molar-refractivity contribution in [3.63, 3.8) is 0 Å². The number of nitrogens with zero attached hydrogens (tertiary/aromatic N) is 1. The summed E-state index contributed by atoms with van der Waals surface area (Å²) in [6.45, 7) is 0.557. The minimum absolute atomic E-state index is 0.199. The summed E-state index contributed by atoms with van der Waals surface area (Å²) in [5.74, 6) is 2.34. The van der Waals surface area contributed by atoms with Gasteiger partial charge in [-0.15, -0.1) is 6.42 Å². The number of likely N-dealkylation sites (tertiary alicyclic amines) is 1. The summed E-state index contributed by atoms with van der Waals surface area (Å²) in [5.41, 5.74) is 2.04. The minimum atomic E-state index is -0.488. The molecule has 25 heavy (non-hydrogen) atoms. The van der Waals surface area contributed by atoms with E-state index in [1.54, 1.807) is 29.2 Å². The molecule has 2 aromatic rings. The molecule has 2 N–H and O–H groups in total. The fourth-order valence-electron chi connectivity index (χ4n) is 2.91. The van der Waals surface area contributed by atoms with Gasteiger partial charge < -0.3 is 15.5 Å². The average molecular weight is 333 g/mol. The molecular weight excluding hydrogens is 314 g/mol. The molecule has 2 aromatic carbocycles. The molecule has 1 atom stereocenters. The molecule has 3 rings (SSSR count). The van der Waals surface area contributed by atoms with E-state index in [2.05, 4.69) is 16.6 Å². The van der Waals surface area contributed by atoms with Gasteiger partial charge in [0, 0.05) is 23.5 Å². The van der Waals surface area contributed by atoms with Crippen molar-refractivity contribution in [2.45, 2.75) is 18.9 Å². The number of urea groups is 1. The normalized spacial score (nSPS) is 16.1. The second-order valence-electron chi connectivity index (χ2n) is 5.86. The molecule has 0 aromatic heterocycles. The zero-order valence-corrected chi connectivity index (χ0v) is 13.7. The smallest absolute Gasteiger partial charge is 0.322 e. The van der Waals surface area contributed by atoms with Crippen LogP contribution >= 0.6 is 0 Å². The number of anilines is 2. The molecule has 3 amide bonds. The maximum atomic E-state index is 12.6. The van der Waals surface area contributed by atoms with Gasteiger partial charge in [-0.3, -0.25) is 4.79 Å². The SMILES string of the molecule is C#Cc1cccc(NC(=O)[C@@H]2CCCN2C(=O)Nc2ccccc2)c1. The maximum Gasteiger partial charge on any atom is 0.322 e. The lowest BCUT2D eigenvalue weighted by Gasteiger charge is -2.24. The van der Waals surface area contributed by atoms with Crippen molar-refractivity contribution in [2.24, 2.45) is 0 Å². The quantitative estimate of drug-likeness (QED) is 0.847. The maximum absolute atomic E-state index is 12.6. The third-order valence-electron chi connectivity index (χ3n) is 4.14. The van der Waals surface area contributed by atoms with Crippen LogP contribution in [-0.4, -0.2) is 29.4 Å². The number of terminal acetylenes is 1. The van der Waals surface area contributed by atoms with Crippen LogP contribution in [0, 0.1) is 12.3 Å². The molecule has 0 aliphatic carbocycles. The summed E-state index contributed by atoms with van der Waals surface area (Å²) in [6, 6.07) is 15.6. The molecular formula is C20H19N3O2. The molecule has 1 aliphatic rings. The summed E-state index contributed by atoms with van der Waals surface area (Å²) in [4.78, 5) is 26.7. The summed E-state index contributed by atoms with van der Waals surface area (Å²) in [7, 11) is 0. The molecule has 0 bridgehead atoms. The predicted octanol–water partition coefficient (Wildman–Crippen LogP) is 3.30. The number of nitrogens with one attached hydrogen (secondary N) is 2. The van der Waals surface area contributed by atoms with E-state index < -0.39 is 6.04 Å². The fourth-order valence-corrected chi connectivity index (χ4v) is 2.91. The molecule has 0 unspecified atom stereocenters. The zero-order chi connectivity index (χ0) is 17.6. The monoisotopic (exact) mass is 333 g/mol. The largest absolute Gasteiger partial charge is 0.324 e. The number of carbonyl (C=O) groups excluding carboxylic acids is 2. The number of hydrogen-bond donors (Lipinski definition) is 2. The molecule has 1 saturated heterocycles. The molecule has 1 aliphatic heterocycles. The summed E-state index contributed by atoms with van der Waals surface area (Å²) < 4.78 is 0. The van der Waals surface area contributed by atoms with Gasteiger partial charge in [0.2, 0.25) is 5.91 Å². The van der Waals surface area contributed by atoms with E-state index in [1.165, 1.54) is 0 Å². The molecule has 0 spiro atoms. The molecule has 5 nitrogen and oxygen atoms in total. The van der Waals surface area contributed by atoms with Crippen molar-refractivity contribution >= 4 is 23.3 Å². The van der Waals surface area contributed by atoms with E-state index in [-0.39, 0.29) is 11.9 Å². The van der Waals surface area contributed by atoms with Crippen molar-refractivity contribution < 1.29 is 9.59 Å². The number of hydrogen-bond acceptors (Lipinski definition) is 2. The summed E-state index contributed by atoms with van der Waals surface area (Å²) >= 11 is 0. The van der Waals surface area contributed by atoms with Crippen LogP contribution < -0.4 is 10.6 Å². The van der Waals surface area contributed by atoms with Gasteiger partial charge in [0.15, 0.2) is 0 Å². The van der Waals surface area contributed by atoms with Crippen molar-refractivity contribution in [1.29, 1.82) is 0 Å². The van der Waals surface area contributed by atoms with Crippen molar-refractivity contribution in [3.8, 4) is 12.3 Å². The zero-order valence-electron chi connectivity index (χ0n) is 13.7. The van der Waals surface area contributed by atoms with Gasteiger partial charge in [-0.25, -0.2) is 4.79 Å². The molecule has 0 radical (unpaired) electrons. The van der Waals surface area contributed by atoms with Crippen LogP contribution in [0.5, 0.6) is 0 Å². The lowest BCUT2D eigenvalue weighted by atomic mass is 10.1. The lowest BCUT2D eigenvalue weighted by Crippen LogP contribution is -2.45. The fraction of sp³-hybridized carbons (Fsp3) is 0.200. The van der Waals surface area contributed by atoms with Crippen LogP contribution in [0.15, 0.2) is 54.6 Å². The number of carbonyl (C=O) groups is 2. The Labute approximate surface area is 147 Å². The Morgan fingerprint density at radius 1 is 1.04 bits per heavy atom. The highest BCUT2D eigenvalue weighted by Gasteiger charge is 2.34. The lowest BCUT2D eigenvalue weighted by molar-refractivity contribution is -0.119. The van der Waals surface area contributed by atoms with Gasteiger partial charge in [-0.05, 0) is 43.2 Å². The van der Waals surface area contributed by atoms with Gasteiger partial charge in [-0.1, -0.05) is 30.2 Å². The standard InChI is InChI=1S/C20H19N3O2/c1-2-15-8-6-11-17(14-15)21-19(24)18-12-7-13-23(18)20(25)22-16-9-4-3-5-10-16/h1,3-6,8-11,14,18H,7,12-13H2,(H,21,24)(H,22,25)/t18-/m0/s1. The Morgan fingerprint density at radius 3 is 2.56 bits per heavy atom. The molecule has 1 heterocycles. The highest BCUT2D eigenvalue weighted by atomic mass is 16.2. The van der Waals surface area contributed by atoms with Crippen LogP contribution in [0.1, 0.15) is 18.4 Å². The van der Waals surface area contributed by atoms with Crippen LogP contribution in [0.2, 0.25) is 0 Å². The van der Waals surface area contributed by atoms with Gasteiger partial charge >= 0.3 is 6.03 Å². The highest BCUT2D eigenvalue weighted by Crippen LogP contribution is 2.21. The highest BCUT2D eigenvalue weighted by molar-refractivity contribution is 5.99. The third-order valence-corrected chi connectivity index (χ3v) is 4.14. The predicted molar refractivity (Wildman–Crippen MR) is 98.2 cm³/mol. The molecule has 1 fully saturated rings. The van der Waals surface area contributed by atoms with Crippen LogP contribution in [-0.2, 0) is 4.79 Å². The second kappa shape index (κ2) is 7.54. The number of para-hydroxylation sites is 1. The topological polar surface area (TPSA) is 61.4 Å². The first-order valence-electron chi connectivity index (χ1n) is 8.17. The second-order valence-corrected chi connectivity index (χ2v) is 5.86. The van der Waals surface area contributed by atoms with Crippen molar-refractivity contribution in [3.05, 3.63) is 60.2 Å². The van der Waals surface area contributed by atoms with Gasteiger partial charge in [0.05, 0.1) is 0 Å². The first-order valence-corrected chi connectivity index (χ1v) is 8.17. The van der Waals surface area contributed by atoms with Crippen molar-refractivity contribution in [2.75, 3.05) is 17.2 Å². The Hall–Kier alpha value is -3.26. The molecule has 5 heteroatoms. The number of amides is 3. The number of benzene rings is 2. The van der Waals surface area contributed by atoms with E-state index >= 15 is 0 Å². The Morgan fingerprint density at radius 2 is 1.80 bits per heavy atom. The molecule has 126 valence electrons. The van der Waals surface area contributed by atoms with E-state index in [0.29, 0.717) is 29.9 Å². The Bertz CT molecular complexity index is 811. The molecule has 0 saturated carbocycles. The average Bonchev–Trinajstić information content (AvgIpc) is 3.13. The van der Waals surface area contributed by atoms with E-state index in [4.69, 9.17) is 6.42 Å². The van der Waals surface area contributed by atoms with E-state index in [1.807, 2.05) is 30.3 Å². The van der Waals surface area contributed by atoms with Gasteiger partial charge in [0.1, 0.15) is 6.04 Å². The van der Waals surface area contributed by atoms with Crippen LogP contribution in [0.4, 0.5) is 16.2 Å². The first-order chi connectivity index (χ1) is 12.2. The van der Waals surface area contributed by atoms with E-state index in [9.17, 15) is 9.59 Å². The first kappa shape index (κ1) is 16.6. The van der Waals surface area contributed by atoms with Gasteiger partial charge in [-0.2, -0.15) is 0 Å². The van der Waals surface area contributed by atoms with E-state index in [0.717, 1.165) is 6.42 Å².